The number of pyridine rings is 1. The van der Waals surface area contributed by atoms with E-state index in [4.69, 9.17) is 16.7 Å². The number of carboxylic acid groups (broad SMARTS) is 1. The zero-order valence-electron chi connectivity index (χ0n) is 33.5. The smallest absolute Gasteiger partial charge is 0.435 e. The maximum absolute atomic E-state index is 15.4. The van der Waals surface area contributed by atoms with Crippen molar-refractivity contribution in [3.63, 3.8) is 0 Å². The highest BCUT2D eigenvalue weighted by Gasteiger charge is 2.54. The first kappa shape index (κ1) is 47.7. The lowest BCUT2D eigenvalue weighted by Gasteiger charge is -2.24. The summed E-state index contributed by atoms with van der Waals surface area (Å²) in [5, 5.41) is 20.4. The molecule has 3 heterocycles. The van der Waals surface area contributed by atoms with Crippen molar-refractivity contribution >= 4 is 57.2 Å². The predicted octanol–water partition coefficient (Wildman–Crippen LogP) is 8.04. The lowest BCUT2D eigenvalue weighted by molar-refractivity contribution is -0.143. The molecule has 6 rings (SSSR count). The number of nitrogens with one attached hydrogen (secondary N) is 2. The second-order valence-electron chi connectivity index (χ2n) is 14.8. The summed E-state index contributed by atoms with van der Waals surface area (Å²) < 4.78 is 159. The average molecular weight is 953 g/mol. The number of aromatic nitrogens is 5. The Hall–Kier alpha value is -5.78. The van der Waals surface area contributed by atoms with Gasteiger partial charge in [0.1, 0.15) is 41.4 Å². The number of aryl methyl sites for hydroxylation is 1. The van der Waals surface area contributed by atoms with E-state index in [1.54, 1.807) is 6.92 Å². The molecule has 3 amide bonds. The van der Waals surface area contributed by atoms with Gasteiger partial charge in [-0.05, 0) is 49.1 Å². The quantitative estimate of drug-likeness (QED) is 0.0943. The summed E-state index contributed by atoms with van der Waals surface area (Å²) >= 11 is 6.59. The zero-order valence-corrected chi connectivity index (χ0v) is 35.0. The summed E-state index contributed by atoms with van der Waals surface area (Å²) in [6.07, 6.45) is -10.8. The van der Waals surface area contributed by atoms with Crippen LogP contribution in [0.5, 0.6) is 0 Å². The van der Waals surface area contributed by atoms with Crippen LogP contribution in [0.2, 0.25) is 5.02 Å². The monoisotopic (exact) mass is 952 g/mol. The van der Waals surface area contributed by atoms with E-state index in [2.05, 4.69) is 25.8 Å². The topological polar surface area (TPSA) is 164 Å². The van der Waals surface area contributed by atoms with Crippen molar-refractivity contribution in [2.75, 3.05) is 17.1 Å². The number of fused-ring (bicyclic) bond motifs is 2. The molecule has 13 nitrogen and oxygen atoms in total. The highest BCUT2D eigenvalue weighted by molar-refractivity contribution is 7.86. The molecular formula is C39H35ClF10N8O5S. The maximum Gasteiger partial charge on any atom is 0.435 e. The molecule has 1 aliphatic rings. The first-order valence-corrected chi connectivity index (χ1v) is 20.9. The number of nitrogens with zero attached hydrogens (tertiary/aromatic N) is 6. The van der Waals surface area contributed by atoms with E-state index in [-0.39, 0.29) is 49.6 Å². The highest BCUT2D eigenvalue weighted by atomic mass is 35.5. The van der Waals surface area contributed by atoms with Crippen molar-refractivity contribution in [2.45, 2.75) is 76.9 Å². The van der Waals surface area contributed by atoms with Gasteiger partial charge in [-0.1, -0.05) is 37.6 Å². The Morgan fingerprint density at radius 1 is 1.02 bits per heavy atom. The van der Waals surface area contributed by atoms with Crippen LogP contribution in [0, 0.1) is 17.6 Å². The summed E-state index contributed by atoms with van der Waals surface area (Å²) in [6.45, 7) is -0.858. The van der Waals surface area contributed by atoms with Crippen LogP contribution in [-0.2, 0) is 65.0 Å². The first-order chi connectivity index (χ1) is 29.8. The SMILES string of the molecule is CCc1ccc(-c2ccc(Cl)c3c(N(C(=O)NCCC(=O)O)S(C)=O)nn(CC(F)(F)F)c23)c(C(Cc2cc(F)cc(F)c2)NC(=O)Cn2nc(C(F)(F)F)c3c2C(F)(F)[C@H](C)C3)n1. The Morgan fingerprint density at radius 2 is 1.67 bits per heavy atom. The van der Waals surface area contributed by atoms with Crippen LogP contribution in [0.4, 0.5) is 54.5 Å². The molecule has 0 aliphatic heterocycles. The summed E-state index contributed by atoms with van der Waals surface area (Å²) in [5.74, 6) is -10.8. The van der Waals surface area contributed by atoms with Crippen LogP contribution in [0.3, 0.4) is 0 Å². The number of carboxylic acids is 1. The van der Waals surface area contributed by atoms with Crippen molar-refractivity contribution in [1.82, 2.24) is 35.2 Å². The van der Waals surface area contributed by atoms with Crippen LogP contribution in [0.15, 0.2) is 42.5 Å². The van der Waals surface area contributed by atoms with E-state index in [0.29, 0.717) is 15.1 Å². The van der Waals surface area contributed by atoms with Gasteiger partial charge < -0.3 is 15.7 Å². The average Bonchev–Trinajstić information content (AvgIpc) is 3.79. The molecule has 0 spiro atoms. The second-order valence-corrected chi connectivity index (χ2v) is 16.4. The van der Waals surface area contributed by atoms with Gasteiger partial charge in [0, 0.05) is 47.2 Å². The highest BCUT2D eigenvalue weighted by Crippen LogP contribution is 2.50. The van der Waals surface area contributed by atoms with E-state index in [1.165, 1.54) is 24.3 Å². The third-order valence-electron chi connectivity index (χ3n) is 10.1. The van der Waals surface area contributed by atoms with Crippen molar-refractivity contribution in [2.24, 2.45) is 5.92 Å². The molecule has 344 valence electrons. The van der Waals surface area contributed by atoms with E-state index in [1.807, 2.05) is 0 Å². The van der Waals surface area contributed by atoms with Gasteiger partial charge in [0.15, 0.2) is 11.5 Å². The van der Waals surface area contributed by atoms with E-state index >= 15 is 8.78 Å². The van der Waals surface area contributed by atoms with Gasteiger partial charge in [-0.15, -0.1) is 0 Å². The second kappa shape index (κ2) is 18.0. The summed E-state index contributed by atoms with van der Waals surface area (Å²) in [4.78, 5) is 42.9. The number of hydrogen-bond acceptors (Lipinski definition) is 7. The van der Waals surface area contributed by atoms with Crippen molar-refractivity contribution < 1.29 is 67.6 Å². The normalized spacial score (nSPS) is 15.8. The molecule has 0 fully saturated rings. The van der Waals surface area contributed by atoms with Gasteiger partial charge in [0.2, 0.25) is 5.91 Å². The number of anilines is 1. The van der Waals surface area contributed by atoms with E-state index < -0.39 is 138 Å². The Balaban J connectivity index is 1.55. The van der Waals surface area contributed by atoms with Crippen LogP contribution in [0.1, 0.15) is 60.2 Å². The minimum absolute atomic E-state index is 0.0920. The van der Waals surface area contributed by atoms with Crippen molar-refractivity contribution in [3.05, 3.63) is 93.0 Å². The summed E-state index contributed by atoms with van der Waals surface area (Å²) in [7, 11) is -2.38. The maximum atomic E-state index is 15.4. The summed E-state index contributed by atoms with van der Waals surface area (Å²) in [6, 6.07) is 4.75. The number of hydrogen-bond donors (Lipinski definition) is 3. The molecule has 3 N–H and O–H groups in total. The van der Waals surface area contributed by atoms with Crippen LogP contribution in [0.25, 0.3) is 22.0 Å². The zero-order chi connectivity index (χ0) is 47.2. The number of alkyl halides is 8. The van der Waals surface area contributed by atoms with Gasteiger partial charge in [0.05, 0.1) is 34.1 Å². The van der Waals surface area contributed by atoms with E-state index in [9.17, 15) is 53.7 Å². The Morgan fingerprint density at radius 3 is 2.27 bits per heavy atom. The van der Waals surface area contributed by atoms with Crippen LogP contribution in [-0.4, -0.2) is 70.7 Å². The molecule has 0 saturated carbocycles. The number of benzene rings is 2. The number of urea groups is 1. The number of carbonyl (C=O) groups excluding carboxylic acids is 2. The molecule has 0 bridgehead atoms. The fraction of sp³-hybridized carbons (Fsp3) is 0.385. The van der Waals surface area contributed by atoms with Gasteiger partial charge >= 0.3 is 24.4 Å². The molecule has 3 aromatic heterocycles. The molecule has 64 heavy (non-hydrogen) atoms. The Kier molecular flexibility index (Phi) is 13.4. The Labute approximate surface area is 363 Å². The third-order valence-corrected chi connectivity index (χ3v) is 11.3. The van der Waals surface area contributed by atoms with Gasteiger partial charge in [0.25, 0.3) is 5.92 Å². The number of rotatable bonds is 14. The third kappa shape index (κ3) is 9.96. The molecule has 1 aliphatic carbocycles. The fourth-order valence-corrected chi connectivity index (χ4v) is 8.33. The molecule has 25 heteroatoms. The van der Waals surface area contributed by atoms with Gasteiger partial charge in [-0.2, -0.15) is 49.6 Å². The molecule has 2 unspecified atom stereocenters. The number of halogens is 11. The minimum atomic E-state index is -5.18. The van der Waals surface area contributed by atoms with Gasteiger partial charge in [-0.3, -0.25) is 23.9 Å². The molecular weight excluding hydrogens is 918 g/mol. The van der Waals surface area contributed by atoms with Crippen LogP contribution >= 0.6 is 11.6 Å². The lowest BCUT2D eigenvalue weighted by atomic mass is 9.93. The predicted molar refractivity (Wildman–Crippen MR) is 211 cm³/mol. The molecule has 5 aromatic rings. The van der Waals surface area contributed by atoms with Crippen LogP contribution < -0.4 is 14.9 Å². The minimum Gasteiger partial charge on any atom is -0.481 e. The molecule has 2 aromatic carbocycles. The van der Waals surface area contributed by atoms with Gasteiger partial charge in [-0.25, -0.2) is 17.8 Å². The molecule has 0 radical (unpaired) electrons. The fourth-order valence-electron chi connectivity index (χ4n) is 7.43. The van der Waals surface area contributed by atoms with Crippen molar-refractivity contribution in [3.8, 4) is 11.1 Å². The Bertz CT molecular complexity index is 2650. The standard InChI is InChI=1S/C39H35ClF10N8O5S/c1-4-22-5-6-23(24-7-8-26(40)30-32(24)57(17-37(43,44)45)55-35(30)58(64(3)63)36(62)51-10-9-29(60)61)31(52-22)27(14-19-12-20(41)15-21(42)13-19)53-28(59)16-56-34-25(11-18(2)38(34,46)47)33(54-56)39(48,49)50/h5-8,12-13,15,18,27H,4,9-11,14,16-17H2,1-3H3,(H,51,62)(H,53,59)(H,60,61)/t18-,27?,64?/m1/s1. The number of amides is 3. The first-order valence-electron chi connectivity index (χ1n) is 19.0. The summed E-state index contributed by atoms with van der Waals surface area (Å²) in [5.41, 5.74) is -4.28. The molecule has 3 atom stereocenters. The van der Waals surface area contributed by atoms with Crippen molar-refractivity contribution in [1.29, 1.82) is 0 Å². The largest absolute Gasteiger partial charge is 0.481 e. The number of aliphatic carboxylic acids is 1. The molecule has 0 saturated heterocycles. The number of carbonyl (C=O) groups is 3. The van der Waals surface area contributed by atoms with E-state index in [0.717, 1.165) is 25.3 Å². The lowest BCUT2D eigenvalue weighted by Crippen LogP contribution is -2.42.